The normalized spacial score (nSPS) is 12.2. The maximum Gasteiger partial charge on any atom is 0.137 e. The van der Waals surface area contributed by atoms with Gasteiger partial charge in [0, 0.05) is 5.56 Å². The van der Waals surface area contributed by atoms with Crippen LogP contribution in [0.25, 0.3) is 0 Å². The maximum absolute atomic E-state index is 10.1. The minimum Gasteiger partial charge on any atom is -1.00 e. The molecule has 0 amide bonds. The molecule has 0 atom stereocenters. The van der Waals surface area contributed by atoms with Crippen molar-refractivity contribution >= 4 is 22.6 Å². The van der Waals surface area contributed by atoms with Crippen molar-refractivity contribution in [3.63, 3.8) is 0 Å². The Morgan fingerprint density at radius 1 is 1.17 bits per heavy atom. The summed E-state index contributed by atoms with van der Waals surface area (Å²) < 4.78 is 1.76. The number of quaternary nitrogens is 1. The minimum absolute atomic E-state index is 0. The van der Waals surface area contributed by atoms with Crippen molar-refractivity contribution < 1.29 is 33.6 Å². The molecule has 0 heterocycles. The lowest BCUT2D eigenvalue weighted by atomic mass is 9.86. The number of hydrogen-bond donors (Lipinski definition) is 1. The Morgan fingerprint density at radius 3 is 2.06 bits per heavy atom. The van der Waals surface area contributed by atoms with E-state index < -0.39 is 0 Å². The zero-order chi connectivity index (χ0) is 13.4. The summed E-state index contributed by atoms with van der Waals surface area (Å²) in [7, 11) is 6.40. The molecule has 0 aliphatic carbocycles. The fourth-order valence-corrected chi connectivity index (χ4v) is 2.40. The Bertz CT molecular complexity index is 417. The number of phenolic OH excluding ortho intramolecular Hbond substituents is 1. The number of hydrogen-bond acceptors (Lipinski definition) is 1. The molecule has 0 radical (unpaired) electrons. The molecular weight excluding hydrogens is 452 g/mol. The second kappa shape index (κ2) is 6.26. The van der Waals surface area contributed by atoms with Gasteiger partial charge in [0.1, 0.15) is 12.3 Å². The lowest BCUT2D eigenvalue weighted by Gasteiger charge is -2.26. The predicted molar refractivity (Wildman–Crippen MR) is 81.3 cm³/mol. The second-order valence-corrected chi connectivity index (χ2v) is 7.83. The third kappa shape index (κ3) is 5.21. The Labute approximate surface area is 142 Å². The van der Waals surface area contributed by atoms with Crippen LogP contribution in [0.15, 0.2) is 12.1 Å². The first-order chi connectivity index (χ1) is 7.50. The molecule has 18 heavy (non-hydrogen) atoms. The number of phenols is 1. The van der Waals surface area contributed by atoms with Crippen molar-refractivity contribution in [2.45, 2.75) is 32.7 Å². The molecule has 0 aliphatic heterocycles. The van der Waals surface area contributed by atoms with Crippen LogP contribution in [0.3, 0.4) is 0 Å². The van der Waals surface area contributed by atoms with Gasteiger partial charge in [-0.15, -0.1) is 0 Å². The van der Waals surface area contributed by atoms with Gasteiger partial charge in [0.25, 0.3) is 0 Å². The number of nitrogens with zero attached hydrogens (tertiary/aromatic N) is 1. The van der Waals surface area contributed by atoms with Gasteiger partial charge in [0.2, 0.25) is 0 Å². The molecule has 4 heteroatoms. The first-order valence-corrected chi connectivity index (χ1v) is 6.91. The highest BCUT2D eigenvalue weighted by Gasteiger charge is 2.20. The SMILES string of the molecule is CC(C)(C)c1cc(I)c(O)c(C[N+](C)(C)C)c1.[I-]. The zero-order valence-electron chi connectivity index (χ0n) is 12.0. The molecule has 0 spiro atoms. The number of aromatic hydroxyl groups is 1. The fourth-order valence-electron chi connectivity index (χ4n) is 1.72. The van der Waals surface area contributed by atoms with Crippen LogP contribution in [0.1, 0.15) is 31.9 Å². The highest BCUT2D eigenvalue weighted by Crippen LogP contribution is 2.32. The molecule has 2 nitrogen and oxygen atoms in total. The van der Waals surface area contributed by atoms with Crippen LogP contribution >= 0.6 is 22.6 Å². The van der Waals surface area contributed by atoms with Crippen LogP contribution in [0.2, 0.25) is 0 Å². The van der Waals surface area contributed by atoms with Gasteiger partial charge in [-0.05, 0) is 45.7 Å². The number of rotatable bonds is 2. The molecule has 1 aromatic carbocycles. The number of halogens is 2. The molecule has 0 aromatic heterocycles. The standard InChI is InChI=1S/C14H22INO.HI/c1-14(2,3)11-7-10(9-16(4,5)6)13(17)12(15)8-11;/h7-8H,9H2,1-6H3;1H. The zero-order valence-corrected chi connectivity index (χ0v) is 16.3. The minimum atomic E-state index is 0. The van der Waals surface area contributed by atoms with E-state index in [9.17, 15) is 5.11 Å². The van der Waals surface area contributed by atoms with Crippen LogP contribution in [0, 0.1) is 3.57 Å². The molecule has 1 N–H and O–H groups in total. The summed E-state index contributed by atoms with van der Waals surface area (Å²) in [5, 5.41) is 10.1. The largest absolute Gasteiger partial charge is 1.00 e. The van der Waals surface area contributed by atoms with Gasteiger partial charge in [0.15, 0.2) is 0 Å². The van der Waals surface area contributed by atoms with Crippen LogP contribution in [0.5, 0.6) is 5.75 Å². The van der Waals surface area contributed by atoms with Crippen molar-refractivity contribution in [1.29, 1.82) is 0 Å². The summed E-state index contributed by atoms with van der Waals surface area (Å²) in [5.74, 6) is 0.437. The van der Waals surface area contributed by atoms with Crippen LogP contribution in [-0.4, -0.2) is 30.7 Å². The first-order valence-electron chi connectivity index (χ1n) is 5.83. The van der Waals surface area contributed by atoms with Gasteiger partial charge in [-0.3, -0.25) is 0 Å². The van der Waals surface area contributed by atoms with Crippen LogP contribution in [-0.2, 0) is 12.0 Å². The third-order valence-electron chi connectivity index (χ3n) is 2.65. The van der Waals surface area contributed by atoms with Crippen molar-refractivity contribution in [3.05, 3.63) is 26.8 Å². The first kappa shape index (κ1) is 18.4. The molecule has 0 fully saturated rings. The van der Waals surface area contributed by atoms with Gasteiger partial charge in [-0.25, -0.2) is 0 Å². The van der Waals surface area contributed by atoms with Gasteiger partial charge < -0.3 is 33.6 Å². The fraction of sp³-hybridized carbons (Fsp3) is 0.571. The highest BCUT2D eigenvalue weighted by atomic mass is 127. The summed E-state index contributed by atoms with van der Waals surface area (Å²) in [5.41, 5.74) is 2.44. The smallest absolute Gasteiger partial charge is 0.137 e. The average Bonchev–Trinajstić information content (AvgIpc) is 2.08. The van der Waals surface area contributed by atoms with E-state index in [1.165, 1.54) is 5.56 Å². The third-order valence-corrected chi connectivity index (χ3v) is 3.48. The van der Waals surface area contributed by atoms with Crippen molar-refractivity contribution in [3.8, 4) is 5.75 Å². The van der Waals surface area contributed by atoms with E-state index in [4.69, 9.17) is 0 Å². The molecule has 1 rings (SSSR count). The molecule has 1 aromatic rings. The van der Waals surface area contributed by atoms with E-state index in [-0.39, 0.29) is 29.4 Å². The highest BCUT2D eigenvalue weighted by molar-refractivity contribution is 14.1. The van der Waals surface area contributed by atoms with E-state index in [1.54, 1.807) is 0 Å². The van der Waals surface area contributed by atoms with Gasteiger partial charge in [-0.2, -0.15) is 0 Å². The van der Waals surface area contributed by atoms with Crippen LogP contribution in [0.4, 0.5) is 0 Å². The summed E-state index contributed by atoms with van der Waals surface area (Å²) >= 11 is 2.21. The van der Waals surface area contributed by atoms with Gasteiger partial charge >= 0.3 is 0 Å². The van der Waals surface area contributed by atoms with Crippen molar-refractivity contribution in [1.82, 2.24) is 0 Å². The van der Waals surface area contributed by atoms with Crippen molar-refractivity contribution in [2.24, 2.45) is 0 Å². The quantitative estimate of drug-likeness (QED) is 0.489. The second-order valence-electron chi connectivity index (χ2n) is 6.66. The van der Waals surface area contributed by atoms with E-state index in [0.29, 0.717) is 5.75 Å². The summed E-state index contributed by atoms with van der Waals surface area (Å²) in [6.45, 7) is 7.44. The van der Waals surface area contributed by atoms with Gasteiger partial charge in [0.05, 0.1) is 24.7 Å². The lowest BCUT2D eigenvalue weighted by molar-refractivity contribution is -0.884. The van der Waals surface area contributed by atoms with Crippen molar-refractivity contribution in [2.75, 3.05) is 21.1 Å². The Hall–Kier alpha value is 0.440. The number of benzene rings is 1. The Kier molecular flexibility index (Phi) is 6.41. The predicted octanol–water partition coefficient (Wildman–Crippen LogP) is 0.504. The molecule has 0 saturated heterocycles. The average molecular weight is 475 g/mol. The molecule has 0 saturated carbocycles. The summed E-state index contributed by atoms with van der Waals surface area (Å²) in [4.78, 5) is 0. The van der Waals surface area contributed by atoms with E-state index in [2.05, 4.69) is 76.6 Å². The topological polar surface area (TPSA) is 20.2 Å². The molecule has 0 aliphatic rings. The van der Waals surface area contributed by atoms with Crippen LogP contribution < -0.4 is 24.0 Å². The summed E-state index contributed by atoms with van der Waals surface area (Å²) in [6.07, 6.45) is 0. The lowest BCUT2D eigenvalue weighted by Crippen LogP contribution is -3.00. The van der Waals surface area contributed by atoms with E-state index in [0.717, 1.165) is 20.2 Å². The molecule has 0 bridgehead atoms. The Balaban J connectivity index is 0.00000289. The maximum atomic E-state index is 10.1. The Morgan fingerprint density at radius 2 is 1.67 bits per heavy atom. The van der Waals surface area contributed by atoms with Gasteiger partial charge in [-0.1, -0.05) is 20.8 Å². The molecular formula is C14H23I2NO. The monoisotopic (exact) mass is 475 g/mol. The summed E-state index contributed by atoms with van der Waals surface area (Å²) in [6, 6.07) is 4.22. The molecule has 0 unspecified atom stereocenters. The molecule has 104 valence electrons. The van der Waals surface area contributed by atoms with E-state index in [1.807, 2.05) is 0 Å². The van der Waals surface area contributed by atoms with E-state index >= 15 is 0 Å².